The van der Waals surface area contributed by atoms with Crippen molar-refractivity contribution >= 4 is 5.97 Å². The quantitative estimate of drug-likeness (QED) is 0.602. The first kappa shape index (κ1) is 15.1. The van der Waals surface area contributed by atoms with Gasteiger partial charge in [0, 0.05) is 0 Å². The van der Waals surface area contributed by atoms with Gasteiger partial charge in [-0.15, -0.1) is 0 Å². The van der Waals surface area contributed by atoms with E-state index in [1.54, 1.807) is 18.2 Å². The largest absolute Gasteiger partial charge is 0.487 e. The highest BCUT2D eigenvalue weighted by Gasteiger charge is 2.25. The number of carbonyl (C=O) groups is 1. The van der Waals surface area contributed by atoms with E-state index in [0.717, 1.165) is 12.8 Å². The SMILES string of the molecule is C=COc1cc(C(=O)OC)ccc1OC1CC1.CC. The van der Waals surface area contributed by atoms with Crippen LogP contribution in [-0.4, -0.2) is 19.2 Å². The maximum atomic E-state index is 11.4. The van der Waals surface area contributed by atoms with Crippen LogP contribution in [0.5, 0.6) is 11.5 Å². The molecule has 0 aliphatic heterocycles. The van der Waals surface area contributed by atoms with Gasteiger partial charge in [0.05, 0.1) is 25.0 Å². The Morgan fingerprint density at radius 1 is 1.32 bits per heavy atom. The number of carbonyl (C=O) groups excluding carboxylic acids is 1. The van der Waals surface area contributed by atoms with Gasteiger partial charge in [-0.3, -0.25) is 0 Å². The summed E-state index contributed by atoms with van der Waals surface area (Å²) in [6.07, 6.45) is 3.69. The molecule has 0 saturated heterocycles. The number of esters is 1. The summed E-state index contributed by atoms with van der Waals surface area (Å²) in [5.74, 6) is 0.701. The minimum Gasteiger partial charge on any atom is -0.487 e. The number of methoxy groups -OCH3 is 1. The van der Waals surface area contributed by atoms with Crippen molar-refractivity contribution in [3.8, 4) is 11.5 Å². The van der Waals surface area contributed by atoms with Crippen molar-refractivity contribution in [2.45, 2.75) is 32.8 Å². The average Bonchev–Trinajstić information content (AvgIpc) is 3.26. The van der Waals surface area contributed by atoms with E-state index in [-0.39, 0.29) is 6.10 Å². The van der Waals surface area contributed by atoms with E-state index in [0.29, 0.717) is 17.1 Å². The van der Waals surface area contributed by atoms with Crippen LogP contribution in [0.25, 0.3) is 0 Å². The molecule has 0 radical (unpaired) electrons. The Labute approximate surface area is 114 Å². The van der Waals surface area contributed by atoms with Gasteiger partial charge in [-0.05, 0) is 31.0 Å². The van der Waals surface area contributed by atoms with Gasteiger partial charge in [0.15, 0.2) is 11.5 Å². The molecule has 2 rings (SSSR count). The van der Waals surface area contributed by atoms with E-state index in [9.17, 15) is 4.79 Å². The van der Waals surface area contributed by atoms with E-state index in [2.05, 4.69) is 11.3 Å². The van der Waals surface area contributed by atoms with Crippen LogP contribution < -0.4 is 9.47 Å². The van der Waals surface area contributed by atoms with Crippen molar-refractivity contribution in [2.75, 3.05) is 7.11 Å². The van der Waals surface area contributed by atoms with E-state index in [1.807, 2.05) is 13.8 Å². The molecule has 1 aliphatic rings. The molecule has 0 atom stereocenters. The summed E-state index contributed by atoms with van der Waals surface area (Å²) in [5, 5.41) is 0. The lowest BCUT2D eigenvalue weighted by atomic mass is 10.2. The highest BCUT2D eigenvalue weighted by molar-refractivity contribution is 5.90. The van der Waals surface area contributed by atoms with Crippen LogP contribution in [0.1, 0.15) is 37.0 Å². The average molecular weight is 264 g/mol. The normalized spacial score (nSPS) is 12.8. The fourth-order valence-electron chi connectivity index (χ4n) is 1.40. The second kappa shape index (κ2) is 7.46. The van der Waals surface area contributed by atoms with Crippen molar-refractivity contribution in [1.29, 1.82) is 0 Å². The molecular formula is C15H20O4. The Morgan fingerprint density at radius 2 is 2.00 bits per heavy atom. The molecule has 0 bridgehead atoms. The second-order valence-electron chi connectivity index (χ2n) is 3.75. The molecule has 0 unspecified atom stereocenters. The summed E-state index contributed by atoms with van der Waals surface area (Å²) < 4.78 is 15.5. The molecular weight excluding hydrogens is 244 g/mol. The molecule has 1 aromatic carbocycles. The molecule has 4 heteroatoms. The number of hydrogen-bond acceptors (Lipinski definition) is 4. The summed E-state index contributed by atoms with van der Waals surface area (Å²) in [7, 11) is 1.34. The summed E-state index contributed by atoms with van der Waals surface area (Å²) in [5.41, 5.74) is 0.424. The van der Waals surface area contributed by atoms with E-state index in [4.69, 9.17) is 9.47 Å². The molecule has 1 fully saturated rings. The molecule has 104 valence electrons. The predicted molar refractivity (Wildman–Crippen MR) is 73.6 cm³/mol. The van der Waals surface area contributed by atoms with E-state index in [1.165, 1.54) is 13.4 Å². The highest BCUT2D eigenvalue weighted by Crippen LogP contribution is 2.34. The smallest absolute Gasteiger partial charge is 0.337 e. The zero-order valence-corrected chi connectivity index (χ0v) is 11.6. The van der Waals surface area contributed by atoms with Gasteiger partial charge in [-0.1, -0.05) is 20.4 Å². The van der Waals surface area contributed by atoms with Gasteiger partial charge >= 0.3 is 5.97 Å². The first-order valence-electron chi connectivity index (χ1n) is 6.41. The maximum absolute atomic E-state index is 11.4. The lowest BCUT2D eigenvalue weighted by Gasteiger charge is -2.10. The Bertz CT molecular complexity index is 436. The summed E-state index contributed by atoms with van der Waals surface area (Å²) in [4.78, 5) is 11.4. The van der Waals surface area contributed by atoms with Crippen molar-refractivity contribution in [3.63, 3.8) is 0 Å². The Morgan fingerprint density at radius 3 is 2.53 bits per heavy atom. The van der Waals surface area contributed by atoms with Gasteiger partial charge in [0.25, 0.3) is 0 Å². The van der Waals surface area contributed by atoms with Gasteiger partial charge in [0.1, 0.15) is 0 Å². The third-order valence-corrected chi connectivity index (χ3v) is 2.39. The Hall–Kier alpha value is -1.97. The van der Waals surface area contributed by atoms with Gasteiger partial charge in [-0.2, -0.15) is 0 Å². The lowest BCUT2D eigenvalue weighted by molar-refractivity contribution is 0.0600. The minimum absolute atomic E-state index is 0.270. The third kappa shape index (κ3) is 4.32. The van der Waals surface area contributed by atoms with Crippen LogP contribution in [0.2, 0.25) is 0 Å². The number of hydrogen-bond donors (Lipinski definition) is 0. The fourth-order valence-corrected chi connectivity index (χ4v) is 1.40. The maximum Gasteiger partial charge on any atom is 0.337 e. The summed E-state index contributed by atoms with van der Waals surface area (Å²) >= 11 is 0. The van der Waals surface area contributed by atoms with Crippen molar-refractivity contribution < 1.29 is 19.0 Å². The number of ether oxygens (including phenoxy) is 3. The molecule has 0 heterocycles. The Kier molecular flexibility index (Phi) is 5.93. The molecule has 1 aliphatic carbocycles. The van der Waals surface area contributed by atoms with Crippen LogP contribution in [0.4, 0.5) is 0 Å². The zero-order chi connectivity index (χ0) is 14.3. The molecule has 4 nitrogen and oxygen atoms in total. The molecule has 1 saturated carbocycles. The third-order valence-electron chi connectivity index (χ3n) is 2.39. The molecule has 0 amide bonds. The first-order chi connectivity index (χ1) is 9.24. The summed E-state index contributed by atoms with van der Waals surface area (Å²) in [6, 6.07) is 4.95. The number of rotatable bonds is 5. The monoisotopic (exact) mass is 264 g/mol. The van der Waals surface area contributed by atoms with Gasteiger partial charge < -0.3 is 14.2 Å². The standard InChI is InChI=1S/C13H14O4.C2H6/c1-3-16-12-8-9(13(14)15-2)4-7-11(12)17-10-5-6-10;1-2/h3-4,7-8,10H,1,5-6H2,2H3;1-2H3. The molecule has 0 N–H and O–H groups in total. The molecule has 19 heavy (non-hydrogen) atoms. The molecule has 1 aromatic rings. The van der Waals surface area contributed by atoms with Crippen LogP contribution in [0.3, 0.4) is 0 Å². The van der Waals surface area contributed by atoms with Gasteiger partial charge in [-0.25, -0.2) is 4.79 Å². The van der Waals surface area contributed by atoms with Crippen LogP contribution in [-0.2, 0) is 4.74 Å². The minimum atomic E-state index is -0.406. The lowest BCUT2D eigenvalue weighted by Crippen LogP contribution is -2.03. The fraction of sp³-hybridized carbons (Fsp3) is 0.400. The second-order valence-corrected chi connectivity index (χ2v) is 3.75. The van der Waals surface area contributed by atoms with Gasteiger partial charge in [0.2, 0.25) is 0 Å². The van der Waals surface area contributed by atoms with Crippen molar-refractivity contribution in [2.24, 2.45) is 0 Å². The first-order valence-corrected chi connectivity index (χ1v) is 6.41. The van der Waals surface area contributed by atoms with Crippen molar-refractivity contribution in [3.05, 3.63) is 36.6 Å². The van der Waals surface area contributed by atoms with Crippen LogP contribution in [0, 0.1) is 0 Å². The zero-order valence-electron chi connectivity index (χ0n) is 11.6. The molecule has 0 aromatic heterocycles. The van der Waals surface area contributed by atoms with E-state index >= 15 is 0 Å². The Balaban J connectivity index is 0.000000861. The predicted octanol–water partition coefficient (Wildman–Crippen LogP) is 3.56. The highest BCUT2D eigenvalue weighted by atomic mass is 16.5. The molecule has 0 spiro atoms. The number of benzene rings is 1. The topological polar surface area (TPSA) is 44.8 Å². The van der Waals surface area contributed by atoms with Crippen LogP contribution in [0.15, 0.2) is 31.0 Å². The summed E-state index contributed by atoms with van der Waals surface area (Å²) in [6.45, 7) is 7.49. The van der Waals surface area contributed by atoms with Crippen molar-refractivity contribution in [1.82, 2.24) is 0 Å². The van der Waals surface area contributed by atoms with E-state index < -0.39 is 5.97 Å². The van der Waals surface area contributed by atoms with Crippen LogP contribution >= 0.6 is 0 Å².